The highest BCUT2D eigenvalue weighted by Crippen LogP contribution is 2.29. The zero-order chi connectivity index (χ0) is 18.7. The highest BCUT2D eigenvalue weighted by molar-refractivity contribution is 7.12. The van der Waals surface area contributed by atoms with Gasteiger partial charge in [-0.3, -0.25) is 9.59 Å². The van der Waals surface area contributed by atoms with E-state index < -0.39 is 0 Å². The maximum Gasteiger partial charge on any atom is 0.251 e. The van der Waals surface area contributed by atoms with Gasteiger partial charge in [0.1, 0.15) is 12.2 Å². The van der Waals surface area contributed by atoms with Crippen LogP contribution in [0.2, 0.25) is 0 Å². The number of nitrogens with one attached hydrogen (secondary N) is 1. The molecule has 1 aromatic carbocycles. The van der Waals surface area contributed by atoms with Gasteiger partial charge in [-0.05, 0) is 49.9 Å². The number of carbonyl (C=O) groups excluding carboxylic acids is 2. The largest absolute Gasteiger partial charge is 0.342 e. The van der Waals surface area contributed by atoms with Crippen LogP contribution in [0, 0.1) is 0 Å². The molecule has 26 heavy (non-hydrogen) atoms. The molecule has 1 amide bonds. The molecular formula is C19H20N4O2S. The van der Waals surface area contributed by atoms with E-state index in [2.05, 4.69) is 15.4 Å². The van der Waals surface area contributed by atoms with Gasteiger partial charge in [-0.2, -0.15) is 5.10 Å². The molecule has 3 aromatic rings. The summed E-state index contributed by atoms with van der Waals surface area (Å²) in [7, 11) is 0. The molecule has 0 radical (unpaired) electrons. The molecular weight excluding hydrogens is 348 g/mol. The third kappa shape index (κ3) is 3.57. The first-order valence-corrected chi connectivity index (χ1v) is 9.26. The number of benzene rings is 1. The predicted octanol–water partition coefficient (Wildman–Crippen LogP) is 3.72. The van der Waals surface area contributed by atoms with Crippen molar-refractivity contribution >= 4 is 23.0 Å². The van der Waals surface area contributed by atoms with Crippen molar-refractivity contribution in [1.82, 2.24) is 20.1 Å². The van der Waals surface area contributed by atoms with E-state index in [9.17, 15) is 9.59 Å². The van der Waals surface area contributed by atoms with Crippen LogP contribution in [0.15, 0.2) is 42.0 Å². The van der Waals surface area contributed by atoms with Crippen LogP contribution in [-0.4, -0.2) is 26.5 Å². The van der Waals surface area contributed by atoms with Gasteiger partial charge in [0.2, 0.25) is 0 Å². The van der Waals surface area contributed by atoms with E-state index in [1.165, 1.54) is 17.7 Å². The van der Waals surface area contributed by atoms with Crippen LogP contribution in [0.25, 0.3) is 11.1 Å². The molecule has 0 spiro atoms. The van der Waals surface area contributed by atoms with Crippen molar-refractivity contribution in [2.45, 2.75) is 33.4 Å². The Morgan fingerprint density at radius 2 is 1.96 bits per heavy atom. The van der Waals surface area contributed by atoms with Crippen molar-refractivity contribution in [2.24, 2.45) is 0 Å². The lowest BCUT2D eigenvalue weighted by Gasteiger charge is -2.14. The maximum absolute atomic E-state index is 12.5. The van der Waals surface area contributed by atoms with Crippen LogP contribution in [0.1, 0.15) is 52.7 Å². The average Bonchev–Trinajstić information content (AvgIpc) is 3.30. The molecule has 0 saturated heterocycles. The van der Waals surface area contributed by atoms with Crippen LogP contribution < -0.4 is 5.32 Å². The molecule has 0 unspecified atom stereocenters. The fourth-order valence-corrected chi connectivity index (χ4v) is 3.63. The standard InChI is InChI=1S/C19H20N4O2S/c1-4-23-18(20-11-21-23)12(2)22-19(25)15-7-5-14(6-8-15)16-9-10-26-17(16)13(3)24/h5-12H,4H2,1-3H3,(H,22,25)/t12-/m1/s1. The minimum atomic E-state index is -0.245. The number of thiophene rings is 1. The normalized spacial score (nSPS) is 12.0. The van der Waals surface area contributed by atoms with Crippen molar-refractivity contribution in [2.75, 3.05) is 0 Å². The molecule has 0 aliphatic carbocycles. The molecule has 7 heteroatoms. The Balaban J connectivity index is 1.75. The summed E-state index contributed by atoms with van der Waals surface area (Å²) < 4.78 is 1.76. The van der Waals surface area contributed by atoms with Gasteiger partial charge >= 0.3 is 0 Å². The summed E-state index contributed by atoms with van der Waals surface area (Å²) >= 11 is 1.43. The molecule has 2 heterocycles. The molecule has 0 aliphatic rings. The van der Waals surface area contributed by atoms with Gasteiger partial charge in [-0.15, -0.1) is 11.3 Å². The maximum atomic E-state index is 12.5. The third-order valence-electron chi connectivity index (χ3n) is 4.12. The molecule has 2 aromatic heterocycles. The quantitative estimate of drug-likeness (QED) is 0.673. The lowest BCUT2D eigenvalue weighted by molar-refractivity contribution is 0.0936. The lowest BCUT2D eigenvalue weighted by Crippen LogP contribution is -2.28. The summed E-state index contributed by atoms with van der Waals surface area (Å²) in [5, 5.41) is 8.97. The molecule has 0 bridgehead atoms. The van der Waals surface area contributed by atoms with E-state index in [1.807, 2.05) is 37.4 Å². The van der Waals surface area contributed by atoms with Crippen LogP contribution in [0.3, 0.4) is 0 Å². The van der Waals surface area contributed by atoms with E-state index in [0.717, 1.165) is 21.8 Å². The van der Waals surface area contributed by atoms with Gasteiger partial charge in [0, 0.05) is 17.7 Å². The van der Waals surface area contributed by atoms with Gasteiger partial charge in [-0.25, -0.2) is 9.67 Å². The Labute approximate surface area is 155 Å². The number of Topliss-reactive ketones (excluding diaryl/α,β-unsaturated/α-hetero) is 1. The topological polar surface area (TPSA) is 76.9 Å². The van der Waals surface area contributed by atoms with Crippen LogP contribution >= 0.6 is 11.3 Å². The molecule has 1 atom stereocenters. The monoisotopic (exact) mass is 368 g/mol. The Morgan fingerprint density at radius 3 is 2.62 bits per heavy atom. The summed E-state index contributed by atoms with van der Waals surface area (Å²) in [6, 6.07) is 8.94. The average molecular weight is 368 g/mol. The van der Waals surface area contributed by atoms with Gasteiger partial charge in [-0.1, -0.05) is 12.1 Å². The first-order valence-electron chi connectivity index (χ1n) is 8.38. The molecule has 0 fully saturated rings. The first-order chi connectivity index (χ1) is 12.5. The Morgan fingerprint density at radius 1 is 1.23 bits per heavy atom. The molecule has 6 nitrogen and oxygen atoms in total. The fourth-order valence-electron chi connectivity index (χ4n) is 2.81. The van der Waals surface area contributed by atoms with E-state index in [0.29, 0.717) is 12.1 Å². The number of hydrogen-bond donors (Lipinski definition) is 1. The zero-order valence-electron chi connectivity index (χ0n) is 14.9. The Hall–Kier alpha value is -2.80. The van der Waals surface area contributed by atoms with E-state index in [4.69, 9.17) is 0 Å². The summed E-state index contributed by atoms with van der Waals surface area (Å²) in [6.45, 7) is 6.12. The SMILES string of the molecule is CCn1ncnc1[C@@H](C)NC(=O)c1ccc(-c2ccsc2C(C)=O)cc1. The second-order valence-corrected chi connectivity index (χ2v) is 6.84. The van der Waals surface area contributed by atoms with Crippen molar-refractivity contribution < 1.29 is 9.59 Å². The molecule has 1 N–H and O–H groups in total. The van der Waals surface area contributed by atoms with E-state index in [-0.39, 0.29) is 17.7 Å². The minimum absolute atomic E-state index is 0.0469. The summed E-state index contributed by atoms with van der Waals surface area (Å²) in [5.41, 5.74) is 2.38. The first kappa shape index (κ1) is 18.0. The fraction of sp³-hybridized carbons (Fsp3) is 0.263. The number of amides is 1. The molecule has 0 aliphatic heterocycles. The summed E-state index contributed by atoms with van der Waals surface area (Å²) in [4.78, 5) is 29.1. The Kier molecular flexibility index (Phi) is 5.27. The van der Waals surface area contributed by atoms with Gasteiger partial charge in [0.05, 0.1) is 10.9 Å². The van der Waals surface area contributed by atoms with E-state index >= 15 is 0 Å². The zero-order valence-corrected chi connectivity index (χ0v) is 15.7. The summed E-state index contributed by atoms with van der Waals surface area (Å²) in [6.07, 6.45) is 1.49. The van der Waals surface area contributed by atoms with Gasteiger partial charge in [0.15, 0.2) is 5.78 Å². The molecule has 0 saturated carbocycles. The number of carbonyl (C=O) groups is 2. The summed E-state index contributed by atoms with van der Waals surface area (Å²) in [5.74, 6) is 0.597. The van der Waals surface area contributed by atoms with Gasteiger partial charge < -0.3 is 5.32 Å². The Bertz CT molecular complexity index is 927. The van der Waals surface area contributed by atoms with Crippen molar-refractivity contribution in [3.05, 3.63) is 58.3 Å². The number of aromatic nitrogens is 3. The smallest absolute Gasteiger partial charge is 0.251 e. The third-order valence-corrected chi connectivity index (χ3v) is 5.14. The number of ketones is 1. The van der Waals surface area contributed by atoms with Crippen molar-refractivity contribution in [3.63, 3.8) is 0 Å². The molecule has 134 valence electrons. The molecule has 3 rings (SSSR count). The van der Waals surface area contributed by atoms with Gasteiger partial charge in [0.25, 0.3) is 5.91 Å². The van der Waals surface area contributed by atoms with Crippen LogP contribution in [0.4, 0.5) is 0 Å². The van der Waals surface area contributed by atoms with E-state index in [1.54, 1.807) is 23.7 Å². The predicted molar refractivity (Wildman–Crippen MR) is 101 cm³/mol. The van der Waals surface area contributed by atoms with Crippen molar-refractivity contribution in [1.29, 1.82) is 0 Å². The number of nitrogens with zero attached hydrogens (tertiary/aromatic N) is 3. The number of rotatable bonds is 6. The van der Waals surface area contributed by atoms with Crippen molar-refractivity contribution in [3.8, 4) is 11.1 Å². The van der Waals surface area contributed by atoms with Crippen LogP contribution in [-0.2, 0) is 6.54 Å². The number of hydrogen-bond acceptors (Lipinski definition) is 5. The lowest BCUT2D eigenvalue weighted by atomic mass is 10.0. The number of aryl methyl sites for hydroxylation is 1. The second kappa shape index (κ2) is 7.61. The van der Waals surface area contributed by atoms with Crippen LogP contribution in [0.5, 0.6) is 0 Å². The highest BCUT2D eigenvalue weighted by atomic mass is 32.1. The second-order valence-electron chi connectivity index (χ2n) is 5.93. The minimum Gasteiger partial charge on any atom is -0.342 e. The highest BCUT2D eigenvalue weighted by Gasteiger charge is 2.17.